The Balaban J connectivity index is 1.80. The summed E-state index contributed by atoms with van der Waals surface area (Å²) in [6, 6.07) is 4.09. The molecule has 3 aromatic rings. The van der Waals surface area contributed by atoms with Crippen molar-refractivity contribution >= 4 is 28.6 Å². The quantitative estimate of drug-likeness (QED) is 0.378. The second-order valence-electron chi connectivity index (χ2n) is 8.89. The van der Waals surface area contributed by atoms with Crippen LogP contribution in [0.3, 0.4) is 0 Å². The summed E-state index contributed by atoms with van der Waals surface area (Å²) < 4.78 is 13.7. The highest BCUT2D eigenvalue weighted by atomic mass is 16.5. The Hall–Kier alpha value is -2.78. The Labute approximate surface area is 201 Å². The first-order valence-electron chi connectivity index (χ1n) is 12.4. The summed E-state index contributed by atoms with van der Waals surface area (Å²) in [6.07, 6.45) is 6.11. The molecular weight excluding hydrogens is 430 g/mol. The molecule has 3 aromatic heterocycles. The summed E-state index contributed by atoms with van der Waals surface area (Å²) in [5.74, 6) is 2.70. The lowest BCUT2D eigenvalue weighted by Gasteiger charge is -2.16. The summed E-state index contributed by atoms with van der Waals surface area (Å²) in [6.45, 7) is 8.75. The first-order valence-corrected chi connectivity index (χ1v) is 12.4. The summed E-state index contributed by atoms with van der Waals surface area (Å²) in [5, 5.41) is 8.46. The third-order valence-corrected chi connectivity index (χ3v) is 6.10. The molecule has 4 rings (SSSR count). The molecule has 9 heteroatoms. The molecule has 1 saturated carbocycles. The molecule has 1 aliphatic rings. The molecule has 34 heavy (non-hydrogen) atoms. The Bertz CT molecular complexity index is 1090. The minimum absolute atomic E-state index is 0.167. The standard InChI is InChI=1S/C25H37N7O2/c1-6-17-11-12-26-21(15-17)27-24-23-22(28-25(29-24)31(4)5)19(30-32(23)13-14-33-7-2)16-20(34-8-3)18-9-10-18/h11-12,15,18,20H,6-10,13-14,16H2,1-5H3,(H,26,27,28,29). The van der Waals surface area contributed by atoms with E-state index in [1.165, 1.54) is 18.4 Å². The molecule has 1 N–H and O–H groups in total. The predicted molar refractivity (Wildman–Crippen MR) is 135 cm³/mol. The number of hydrogen-bond acceptors (Lipinski definition) is 8. The number of nitrogens with zero attached hydrogens (tertiary/aromatic N) is 6. The van der Waals surface area contributed by atoms with Crippen LogP contribution in [-0.2, 0) is 28.9 Å². The second-order valence-corrected chi connectivity index (χ2v) is 8.89. The van der Waals surface area contributed by atoms with Crippen molar-refractivity contribution in [2.45, 2.75) is 59.1 Å². The Morgan fingerprint density at radius 2 is 2.00 bits per heavy atom. The molecular formula is C25H37N7O2. The van der Waals surface area contributed by atoms with Crippen LogP contribution in [0.25, 0.3) is 11.0 Å². The summed E-state index contributed by atoms with van der Waals surface area (Å²) in [7, 11) is 3.90. The maximum atomic E-state index is 6.10. The average molecular weight is 468 g/mol. The molecule has 184 valence electrons. The topological polar surface area (TPSA) is 90.2 Å². The van der Waals surface area contributed by atoms with Gasteiger partial charge < -0.3 is 19.7 Å². The third-order valence-electron chi connectivity index (χ3n) is 6.10. The monoisotopic (exact) mass is 467 g/mol. The molecule has 0 bridgehead atoms. The summed E-state index contributed by atoms with van der Waals surface area (Å²) in [4.78, 5) is 16.2. The molecule has 0 saturated heterocycles. The maximum Gasteiger partial charge on any atom is 0.227 e. The van der Waals surface area contributed by atoms with Crippen LogP contribution in [0, 0.1) is 5.92 Å². The van der Waals surface area contributed by atoms with Gasteiger partial charge in [0.2, 0.25) is 5.95 Å². The highest BCUT2D eigenvalue weighted by molar-refractivity contribution is 5.90. The van der Waals surface area contributed by atoms with Gasteiger partial charge in [-0.05, 0) is 56.7 Å². The highest BCUT2D eigenvalue weighted by Crippen LogP contribution is 2.37. The minimum Gasteiger partial charge on any atom is -0.380 e. The Morgan fingerprint density at radius 1 is 1.18 bits per heavy atom. The van der Waals surface area contributed by atoms with Crippen molar-refractivity contribution in [2.24, 2.45) is 5.92 Å². The van der Waals surface area contributed by atoms with Gasteiger partial charge in [-0.25, -0.2) is 9.97 Å². The fourth-order valence-corrected chi connectivity index (χ4v) is 4.13. The van der Waals surface area contributed by atoms with E-state index < -0.39 is 0 Å². The third kappa shape index (κ3) is 5.64. The van der Waals surface area contributed by atoms with E-state index in [0.29, 0.717) is 44.0 Å². The van der Waals surface area contributed by atoms with Gasteiger partial charge >= 0.3 is 0 Å². The molecule has 1 unspecified atom stereocenters. The van der Waals surface area contributed by atoms with E-state index in [0.717, 1.165) is 35.4 Å². The lowest BCUT2D eigenvalue weighted by Crippen LogP contribution is -2.19. The number of fused-ring (bicyclic) bond motifs is 1. The molecule has 1 aliphatic carbocycles. The van der Waals surface area contributed by atoms with Crippen LogP contribution in [0.1, 0.15) is 44.9 Å². The highest BCUT2D eigenvalue weighted by Gasteiger charge is 2.33. The van der Waals surface area contributed by atoms with E-state index >= 15 is 0 Å². The van der Waals surface area contributed by atoms with Crippen molar-refractivity contribution in [3.8, 4) is 0 Å². The number of aryl methyl sites for hydroxylation is 1. The lowest BCUT2D eigenvalue weighted by atomic mass is 10.1. The molecule has 0 aromatic carbocycles. The van der Waals surface area contributed by atoms with Crippen LogP contribution in [0.2, 0.25) is 0 Å². The zero-order valence-electron chi connectivity index (χ0n) is 21.0. The Kier molecular flexibility index (Phi) is 7.95. The SMILES string of the molecule is CCOCCn1nc(CC(OCC)C2CC2)c2nc(N(C)C)nc(Nc3cc(CC)ccn3)c21. The van der Waals surface area contributed by atoms with Gasteiger partial charge in [-0.1, -0.05) is 6.92 Å². The molecule has 0 spiro atoms. The van der Waals surface area contributed by atoms with Gasteiger partial charge in [0.15, 0.2) is 5.82 Å². The average Bonchev–Trinajstić information content (AvgIpc) is 3.62. The van der Waals surface area contributed by atoms with Gasteiger partial charge in [0.1, 0.15) is 16.9 Å². The summed E-state index contributed by atoms with van der Waals surface area (Å²) in [5.41, 5.74) is 3.88. The van der Waals surface area contributed by atoms with Crippen molar-refractivity contribution in [3.05, 3.63) is 29.6 Å². The molecule has 3 heterocycles. The zero-order chi connectivity index (χ0) is 24.1. The largest absolute Gasteiger partial charge is 0.380 e. The van der Waals surface area contributed by atoms with E-state index in [4.69, 9.17) is 24.5 Å². The van der Waals surface area contributed by atoms with Crippen LogP contribution >= 0.6 is 0 Å². The van der Waals surface area contributed by atoms with Crippen molar-refractivity contribution in [3.63, 3.8) is 0 Å². The van der Waals surface area contributed by atoms with E-state index in [-0.39, 0.29) is 6.10 Å². The number of pyridine rings is 1. The normalized spacial score (nSPS) is 14.5. The van der Waals surface area contributed by atoms with Crippen molar-refractivity contribution < 1.29 is 9.47 Å². The van der Waals surface area contributed by atoms with Crippen LogP contribution < -0.4 is 10.2 Å². The first-order chi connectivity index (χ1) is 16.5. The van der Waals surface area contributed by atoms with E-state index in [1.54, 1.807) is 0 Å². The molecule has 1 fully saturated rings. The van der Waals surface area contributed by atoms with E-state index in [9.17, 15) is 0 Å². The van der Waals surface area contributed by atoms with Crippen molar-refractivity contribution in [2.75, 3.05) is 44.1 Å². The van der Waals surface area contributed by atoms with Gasteiger partial charge in [0, 0.05) is 39.9 Å². The summed E-state index contributed by atoms with van der Waals surface area (Å²) >= 11 is 0. The lowest BCUT2D eigenvalue weighted by molar-refractivity contribution is 0.0470. The predicted octanol–water partition coefficient (Wildman–Crippen LogP) is 3.99. The number of aromatic nitrogens is 5. The van der Waals surface area contributed by atoms with Crippen LogP contribution in [0.4, 0.5) is 17.6 Å². The van der Waals surface area contributed by atoms with E-state index in [2.05, 4.69) is 30.2 Å². The van der Waals surface area contributed by atoms with E-state index in [1.807, 2.05) is 42.9 Å². The van der Waals surface area contributed by atoms with Crippen LogP contribution in [0.5, 0.6) is 0 Å². The number of hydrogen-bond donors (Lipinski definition) is 1. The maximum absolute atomic E-state index is 6.10. The van der Waals surface area contributed by atoms with Crippen LogP contribution in [-0.4, -0.2) is 64.8 Å². The Morgan fingerprint density at radius 3 is 2.68 bits per heavy atom. The molecule has 9 nitrogen and oxygen atoms in total. The minimum atomic E-state index is 0.167. The van der Waals surface area contributed by atoms with Gasteiger partial charge in [-0.3, -0.25) is 4.68 Å². The molecule has 0 aliphatic heterocycles. The van der Waals surface area contributed by atoms with Crippen molar-refractivity contribution in [1.82, 2.24) is 24.7 Å². The smallest absolute Gasteiger partial charge is 0.227 e. The number of rotatable bonds is 13. The first kappa shape index (κ1) is 24.3. The van der Waals surface area contributed by atoms with Crippen molar-refractivity contribution in [1.29, 1.82) is 0 Å². The molecule has 0 amide bonds. The van der Waals surface area contributed by atoms with Gasteiger partial charge in [-0.15, -0.1) is 0 Å². The second kappa shape index (κ2) is 11.1. The zero-order valence-corrected chi connectivity index (χ0v) is 21.0. The number of anilines is 3. The fourth-order valence-electron chi connectivity index (χ4n) is 4.13. The molecule has 0 radical (unpaired) electrons. The van der Waals surface area contributed by atoms with Gasteiger partial charge in [-0.2, -0.15) is 10.1 Å². The molecule has 1 atom stereocenters. The number of ether oxygens (including phenoxy) is 2. The fraction of sp³-hybridized carbons (Fsp3) is 0.600. The van der Waals surface area contributed by atoms with Crippen LogP contribution in [0.15, 0.2) is 18.3 Å². The van der Waals surface area contributed by atoms with Gasteiger partial charge in [0.25, 0.3) is 0 Å². The van der Waals surface area contributed by atoms with Gasteiger partial charge in [0.05, 0.1) is 24.9 Å². The number of nitrogens with one attached hydrogen (secondary N) is 1.